The summed E-state index contributed by atoms with van der Waals surface area (Å²) in [6.07, 6.45) is 7.97. The number of piperidine rings is 1. The lowest BCUT2D eigenvalue weighted by Gasteiger charge is -2.44. The normalized spacial score (nSPS) is 25.7. The first kappa shape index (κ1) is 14.9. The van der Waals surface area contributed by atoms with Crippen molar-refractivity contribution >= 4 is 5.69 Å². The molecule has 1 N–H and O–H groups in total. The number of nitrogens with zero attached hydrogens (tertiary/aromatic N) is 1. The zero-order valence-electron chi connectivity index (χ0n) is 13.8. The first-order chi connectivity index (χ1) is 10.2. The minimum Gasteiger partial charge on any atom is -0.371 e. The van der Waals surface area contributed by atoms with Gasteiger partial charge in [-0.05, 0) is 57.2 Å². The Balaban J connectivity index is 1.81. The lowest BCUT2D eigenvalue weighted by Crippen LogP contribution is -2.48. The third kappa shape index (κ3) is 3.26. The summed E-state index contributed by atoms with van der Waals surface area (Å²) in [5, 5.41) is 3.66. The summed E-state index contributed by atoms with van der Waals surface area (Å²) in [6.45, 7) is 9.44. The summed E-state index contributed by atoms with van der Waals surface area (Å²) in [5.74, 6) is 0. The molecule has 116 valence electrons. The molecule has 0 aliphatic carbocycles. The third-order valence-corrected chi connectivity index (χ3v) is 5.32. The van der Waals surface area contributed by atoms with Gasteiger partial charge in [-0.2, -0.15) is 0 Å². The summed E-state index contributed by atoms with van der Waals surface area (Å²) in [6, 6.07) is 7.04. The van der Waals surface area contributed by atoms with Crippen LogP contribution in [0.3, 0.4) is 0 Å². The molecule has 2 heteroatoms. The Hall–Kier alpha value is -1.02. The van der Waals surface area contributed by atoms with Crippen LogP contribution in [0.1, 0.15) is 50.2 Å². The van der Waals surface area contributed by atoms with E-state index < -0.39 is 0 Å². The van der Waals surface area contributed by atoms with Crippen molar-refractivity contribution in [1.82, 2.24) is 5.32 Å². The molecule has 0 aromatic heterocycles. The zero-order chi connectivity index (χ0) is 14.7. The summed E-state index contributed by atoms with van der Waals surface area (Å²) < 4.78 is 0. The number of fused-ring (bicyclic) bond motifs is 1. The smallest absolute Gasteiger partial charge is 0.0399 e. The number of hydrogen-bond acceptors (Lipinski definition) is 2. The van der Waals surface area contributed by atoms with Gasteiger partial charge in [0.05, 0.1) is 0 Å². The minimum atomic E-state index is 0.493. The number of rotatable bonds is 4. The van der Waals surface area contributed by atoms with Crippen LogP contribution in [0.15, 0.2) is 18.2 Å². The second-order valence-corrected chi connectivity index (χ2v) is 7.19. The van der Waals surface area contributed by atoms with Gasteiger partial charge >= 0.3 is 0 Å². The number of benzene rings is 1. The van der Waals surface area contributed by atoms with Crippen LogP contribution < -0.4 is 10.2 Å². The Morgan fingerprint density at radius 1 is 1.29 bits per heavy atom. The molecule has 0 amide bonds. The highest BCUT2D eigenvalue weighted by atomic mass is 15.1. The Morgan fingerprint density at radius 3 is 2.95 bits per heavy atom. The monoisotopic (exact) mass is 286 g/mol. The van der Waals surface area contributed by atoms with Gasteiger partial charge in [0.15, 0.2) is 0 Å². The van der Waals surface area contributed by atoms with Gasteiger partial charge < -0.3 is 10.2 Å². The average molecular weight is 286 g/mol. The minimum absolute atomic E-state index is 0.493. The van der Waals surface area contributed by atoms with E-state index in [0.29, 0.717) is 5.41 Å². The molecular weight excluding hydrogens is 256 g/mol. The van der Waals surface area contributed by atoms with Crippen molar-refractivity contribution < 1.29 is 0 Å². The maximum absolute atomic E-state index is 3.66. The van der Waals surface area contributed by atoms with Crippen LogP contribution in [0, 0.1) is 12.3 Å². The summed E-state index contributed by atoms with van der Waals surface area (Å²) >= 11 is 0. The lowest BCUT2D eigenvalue weighted by atomic mass is 9.76. The third-order valence-electron chi connectivity index (χ3n) is 5.32. The Bertz CT molecular complexity index is 469. The van der Waals surface area contributed by atoms with Crippen molar-refractivity contribution in [3.63, 3.8) is 0 Å². The number of nitrogens with one attached hydrogen (secondary N) is 1. The van der Waals surface area contributed by atoms with Crippen molar-refractivity contribution in [2.24, 2.45) is 5.41 Å². The average Bonchev–Trinajstić information content (AvgIpc) is 2.48. The van der Waals surface area contributed by atoms with Crippen molar-refractivity contribution in [3.8, 4) is 0 Å². The highest BCUT2D eigenvalue weighted by molar-refractivity contribution is 5.57. The molecule has 3 rings (SSSR count). The van der Waals surface area contributed by atoms with Crippen LogP contribution in [0.25, 0.3) is 0 Å². The Labute approximate surface area is 129 Å². The number of aryl methyl sites for hydroxylation is 2. The molecule has 1 aromatic carbocycles. The van der Waals surface area contributed by atoms with Gasteiger partial charge in [-0.1, -0.05) is 31.0 Å². The van der Waals surface area contributed by atoms with Crippen molar-refractivity contribution in [2.45, 2.75) is 52.4 Å². The molecule has 0 radical (unpaired) electrons. The molecule has 1 atom stereocenters. The molecule has 1 aromatic rings. The summed E-state index contributed by atoms with van der Waals surface area (Å²) in [7, 11) is 0. The van der Waals surface area contributed by atoms with E-state index >= 15 is 0 Å². The first-order valence-corrected chi connectivity index (χ1v) is 8.78. The topological polar surface area (TPSA) is 15.3 Å². The molecule has 0 spiro atoms. The SMILES string of the molecule is CCCC1(CN2CCCc3cc(C)ccc32)CCCNC1. The molecule has 21 heavy (non-hydrogen) atoms. The van der Waals surface area contributed by atoms with E-state index in [4.69, 9.17) is 0 Å². The fraction of sp³-hybridized carbons (Fsp3) is 0.684. The van der Waals surface area contributed by atoms with Crippen LogP contribution in [0.4, 0.5) is 5.69 Å². The molecular formula is C19H30N2. The van der Waals surface area contributed by atoms with Crippen molar-refractivity contribution in [3.05, 3.63) is 29.3 Å². The predicted molar refractivity (Wildman–Crippen MR) is 91.2 cm³/mol. The van der Waals surface area contributed by atoms with Crippen LogP contribution in [-0.2, 0) is 6.42 Å². The molecule has 1 unspecified atom stereocenters. The molecule has 2 aliphatic rings. The van der Waals surface area contributed by atoms with E-state index in [9.17, 15) is 0 Å². The largest absolute Gasteiger partial charge is 0.371 e. The van der Waals surface area contributed by atoms with E-state index in [1.807, 2.05) is 0 Å². The van der Waals surface area contributed by atoms with Gasteiger partial charge in [-0.3, -0.25) is 0 Å². The van der Waals surface area contributed by atoms with Gasteiger partial charge in [0, 0.05) is 30.7 Å². The van der Waals surface area contributed by atoms with Gasteiger partial charge in [-0.25, -0.2) is 0 Å². The number of hydrogen-bond donors (Lipinski definition) is 1. The Morgan fingerprint density at radius 2 is 2.19 bits per heavy atom. The van der Waals surface area contributed by atoms with Crippen LogP contribution in [0.5, 0.6) is 0 Å². The Kier molecular flexibility index (Phi) is 4.54. The van der Waals surface area contributed by atoms with Crippen LogP contribution in [-0.4, -0.2) is 26.2 Å². The van der Waals surface area contributed by atoms with E-state index in [1.165, 1.54) is 76.0 Å². The quantitative estimate of drug-likeness (QED) is 0.902. The van der Waals surface area contributed by atoms with E-state index in [0.717, 1.165) is 0 Å². The molecule has 2 nitrogen and oxygen atoms in total. The van der Waals surface area contributed by atoms with Gasteiger partial charge in [0.25, 0.3) is 0 Å². The summed E-state index contributed by atoms with van der Waals surface area (Å²) in [4.78, 5) is 2.68. The van der Waals surface area contributed by atoms with Gasteiger partial charge in [-0.15, -0.1) is 0 Å². The van der Waals surface area contributed by atoms with Crippen molar-refractivity contribution in [1.29, 1.82) is 0 Å². The molecule has 2 aliphatic heterocycles. The highest BCUT2D eigenvalue weighted by Crippen LogP contribution is 2.36. The molecule has 0 bridgehead atoms. The second kappa shape index (κ2) is 6.39. The van der Waals surface area contributed by atoms with Gasteiger partial charge in [0.2, 0.25) is 0 Å². The lowest BCUT2D eigenvalue weighted by molar-refractivity contribution is 0.194. The predicted octanol–water partition coefficient (Wildman–Crippen LogP) is 3.92. The summed E-state index contributed by atoms with van der Waals surface area (Å²) in [5.41, 5.74) is 4.97. The van der Waals surface area contributed by atoms with Crippen LogP contribution >= 0.6 is 0 Å². The number of anilines is 1. The maximum Gasteiger partial charge on any atom is 0.0399 e. The first-order valence-electron chi connectivity index (χ1n) is 8.78. The van der Waals surface area contributed by atoms with Gasteiger partial charge in [0.1, 0.15) is 0 Å². The van der Waals surface area contributed by atoms with Crippen molar-refractivity contribution in [2.75, 3.05) is 31.1 Å². The molecule has 1 fully saturated rings. The standard InChI is InChI=1S/C19H30N2/c1-3-9-19(10-5-11-20-14-19)15-21-12-4-6-17-13-16(2)7-8-18(17)21/h7-8,13,20H,3-6,9-12,14-15H2,1-2H3. The van der Waals surface area contributed by atoms with Crippen LogP contribution in [0.2, 0.25) is 0 Å². The van der Waals surface area contributed by atoms with E-state index in [2.05, 4.69) is 42.3 Å². The fourth-order valence-corrected chi connectivity index (χ4v) is 4.36. The molecule has 0 saturated carbocycles. The molecule has 1 saturated heterocycles. The highest BCUT2D eigenvalue weighted by Gasteiger charge is 2.34. The maximum atomic E-state index is 3.66. The fourth-order valence-electron chi connectivity index (χ4n) is 4.36. The zero-order valence-corrected chi connectivity index (χ0v) is 13.8. The second-order valence-electron chi connectivity index (χ2n) is 7.19. The van der Waals surface area contributed by atoms with E-state index in [1.54, 1.807) is 5.56 Å². The van der Waals surface area contributed by atoms with E-state index in [-0.39, 0.29) is 0 Å². The molecule has 2 heterocycles.